The van der Waals surface area contributed by atoms with Crippen LogP contribution >= 0.6 is 0 Å². The number of nitrogens with zero attached hydrogens (tertiary/aromatic N) is 2. The molecule has 2 aromatic heterocycles. The minimum absolute atomic E-state index is 0.0249. The van der Waals surface area contributed by atoms with Gasteiger partial charge in [-0.3, -0.25) is 4.98 Å². The molecule has 3 aromatic rings. The number of aromatic nitrogens is 2. The van der Waals surface area contributed by atoms with Crippen molar-refractivity contribution in [1.82, 2.24) is 9.97 Å². The Morgan fingerprint density at radius 3 is 2.83 bits per heavy atom. The number of fused-ring (bicyclic) bond motifs is 1. The van der Waals surface area contributed by atoms with Gasteiger partial charge in [0.25, 0.3) is 0 Å². The van der Waals surface area contributed by atoms with E-state index in [1.165, 1.54) is 18.5 Å². The van der Waals surface area contributed by atoms with Crippen molar-refractivity contribution in [2.75, 3.05) is 6.61 Å². The van der Waals surface area contributed by atoms with Gasteiger partial charge in [-0.2, -0.15) is 13.2 Å². The predicted molar refractivity (Wildman–Crippen MR) is 76.6 cm³/mol. The maximum Gasteiger partial charge on any atom is 0.416 e. The Labute approximate surface area is 128 Å². The Morgan fingerprint density at radius 1 is 1.26 bits per heavy atom. The summed E-state index contributed by atoms with van der Waals surface area (Å²) in [5, 5.41) is 0. The summed E-state index contributed by atoms with van der Waals surface area (Å²) in [6, 6.07) is 4.70. The van der Waals surface area contributed by atoms with E-state index in [0.29, 0.717) is 11.3 Å². The zero-order valence-electron chi connectivity index (χ0n) is 11.6. The van der Waals surface area contributed by atoms with Crippen LogP contribution in [0.1, 0.15) is 5.56 Å². The van der Waals surface area contributed by atoms with Crippen LogP contribution in [0.4, 0.5) is 13.2 Å². The van der Waals surface area contributed by atoms with E-state index in [1.54, 1.807) is 6.07 Å². The first-order chi connectivity index (χ1) is 11.0. The van der Waals surface area contributed by atoms with E-state index in [9.17, 15) is 13.2 Å². The minimum Gasteiger partial charge on any atom is -0.478 e. The summed E-state index contributed by atoms with van der Waals surface area (Å²) in [5.74, 6) is 2.79. The molecule has 2 heterocycles. The van der Waals surface area contributed by atoms with Gasteiger partial charge in [0.1, 0.15) is 12.1 Å². The van der Waals surface area contributed by atoms with E-state index in [-0.39, 0.29) is 23.6 Å². The summed E-state index contributed by atoms with van der Waals surface area (Å²) in [6.07, 6.45) is 3.63. The minimum atomic E-state index is -4.44. The fraction of sp³-hybridized carbons (Fsp3) is 0.125. The van der Waals surface area contributed by atoms with Crippen molar-refractivity contribution in [2.45, 2.75) is 6.18 Å². The quantitative estimate of drug-likeness (QED) is 0.687. The van der Waals surface area contributed by atoms with Crippen molar-refractivity contribution in [2.24, 2.45) is 0 Å². The molecule has 7 heteroatoms. The summed E-state index contributed by atoms with van der Waals surface area (Å²) < 4.78 is 49.1. The first-order valence-electron chi connectivity index (χ1n) is 6.47. The van der Waals surface area contributed by atoms with Crippen LogP contribution in [-0.2, 0) is 6.18 Å². The van der Waals surface area contributed by atoms with Gasteiger partial charge in [0.05, 0.1) is 17.3 Å². The monoisotopic (exact) mass is 318 g/mol. The van der Waals surface area contributed by atoms with E-state index in [0.717, 1.165) is 12.1 Å². The molecule has 0 saturated heterocycles. The van der Waals surface area contributed by atoms with Gasteiger partial charge in [0.2, 0.25) is 5.89 Å². The SMILES string of the molecule is C#CCOc1cnccc1-c1nc2cc(C(F)(F)F)ccc2o1. The summed E-state index contributed by atoms with van der Waals surface area (Å²) in [5.41, 5.74) is 0.0191. The first-order valence-corrected chi connectivity index (χ1v) is 6.47. The Morgan fingerprint density at radius 2 is 2.09 bits per heavy atom. The average molecular weight is 318 g/mol. The molecule has 116 valence electrons. The van der Waals surface area contributed by atoms with Crippen LogP contribution in [-0.4, -0.2) is 16.6 Å². The highest BCUT2D eigenvalue weighted by Gasteiger charge is 2.31. The molecule has 0 amide bonds. The van der Waals surface area contributed by atoms with Crippen LogP contribution in [0.5, 0.6) is 5.75 Å². The lowest BCUT2D eigenvalue weighted by molar-refractivity contribution is -0.137. The van der Waals surface area contributed by atoms with Crippen molar-refractivity contribution in [3.8, 4) is 29.5 Å². The molecule has 0 aliphatic carbocycles. The average Bonchev–Trinajstić information content (AvgIpc) is 2.95. The van der Waals surface area contributed by atoms with Gasteiger partial charge >= 0.3 is 6.18 Å². The molecule has 0 atom stereocenters. The van der Waals surface area contributed by atoms with Crippen LogP contribution in [0.15, 0.2) is 41.1 Å². The highest BCUT2D eigenvalue weighted by molar-refractivity contribution is 5.78. The van der Waals surface area contributed by atoms with Crippen LogP contribution in [0.25, 0.3) is 22.6 Å². The molecular weight excluding hydrogens is 309 g/mol. The number of benzene rings is 1. The number of halogens is 3. The zero-order chi connectivity index (χ0) is 16.4. The molecule has 3 rings (SSSR count). The van der Waals surface area contributed by atoms with Gasteiger partial charge in [-0.15, -0.1) is 6.42 Å². The Balaban J connectivity index is 2.06. The largest absolute Gasteiger partial charge is 0.478 e. The van der Waals surface area contributed by atoms with Gasteiger partial charge < -0.3 is 9.15 Å². The number of terminal acetylenes is 1. The first kappa shape index (κ1) is 14.9. The summed E-state index contributed by atoms with van der Waals surface area (Å²) in [6.45, 7) is 0.0249. The maximum atomic E-state index is 12.7. The Hall–Kier alpha value is -3.01. The van der Waals surface area contributed by atoms with Crippen molar-refractivity contribution < 1.29 is 22.3 Å². The summed E-state index contributed by atoms with van der Waals surface area (Å²) >= 11 is 0. The van der Waals surface area contributed by atoms with E-state index in [2.05, 4.69) is 15.9 Å². The third-order valence-corrected chi connectivity index (χ3v) is 3.04. The van der Waals surface area contributed by atoms with Crippen molar-refractivity contribution in [3.05, 3.63) is 42.2 Å². The standard InChI is InChI=1S/C16H9F3N2O2/c1-2-7-22-14-9-20-6-5-11(14)15-21-12-8-10(16(17,18)19)3-4-13(12)23-15/h1,3-6,8-9H,7H2. The highest BCUT2D eigenvalue weighted by atomic mass is 19.4. The number of pyridine rings is 1. The normalized spacial score (nSPS) is 11.4. The summed E-state index contributed by atoms with van der Waals surface area (Å²) in [7, 11) is 0. The zero-order valence-corrected chi connectivity index (χ0v) is 11.6. The fourth-order valence-electron chi connectivity index (χ4n) is 2.01. The predicted octanol–water partition coefficient (Wildman–Crippen LogP) is 3.92. The van der Waals surface area contributed by atoms with E-state index in [1.807, 2.05) is 0 Å². The molecule has 4 nitrogen and oxygen atoms in total. The second-order valence-corrected chi connectivity index (χ2v) is 4.56. The number of ether oxygens (including phenoxy) is 1. The second-order valence-electron chi connectivity index (χ2n) is 4.56. The van der Waals surface area contributed by atoms with Crippen molar-refractivity contribution >= 4 is 11.1 Å². The fourth-order valence-corrected chi connectivity index (χ4v) is 2.01. The molecule has 0 N–H and O–H groups in total. The number of rotatable bonds is 3. The maximum absolute atomic E-state index is 12.7. The van der Waals surface area contributed by atoms with Gasteiger partial charge in [0, 0.05) is 6.20 Å². The molecule has 0 saturated carbocycles. The summed E-state index contributed by atoms with van der Waals surface area (Å²) in [4.78, 5) is 8.01. The van der Waals surface area contributed by atoms with E-state index in [4.69, 9.17) is 15.6 Å². The smallest absolute Gasteiger partial charge is 0.416 e. The number of hydrogen-bond acceptors (Lipinski definition) is 4. The Bertz CT molecular complexity index is 894. The van der Waals surface area contributed by atoms with Crippen LogP contribution in [0, 0.1) is 12.3 Å². The molecule has 0 spiro atoms. The molecule has 1 aromatic carbocycles. The highest BCUT2D eigenvalue weighted by Crippen LogP contribution is 2.34. The molecule has 0 aliphatic heterocycles. The topological polar surface area (TPSA) is 48.2 Å². The number of oxazole rings is 1. The lowest BCUT2D eigenvalue weighted by Crippen LogP contribution is -2.03. The second kappa shape index (κ2) is 5.65. The third-order valence-electron chi connectivity index (χ3n) is 3.04. The third kappa shape index (κ3) is 2.97. The molecular formula is C16H9F3N2O2. The molecule has 0 unspecified atom stereocenters. The van der Waals surface area contributed by atoms with Gasteiger partial charge in [-0.05, 0) is 24.3 Å². The molecule has 0 aliphatic rings. The van der Waals surface area contributed by atoms with E-state index >= 15 is 0 Å². The molecule has 23 heavy (non-hydrogen) atoms. The molecule has 0 bridgehead atoms. The number of hydrogen-bond donors (Lipinski definition) is 0. The van der Waals surface area contributed by atoms with Gasteiger partial charge in [-0.1, -0.05) is 5.92 Å². The molecule has 0 fully saturated rings. The van der Waals surface area contributed by atoms with Gasteiger partial charge in [0.15, 0.2) is 11.3 Å². The van der Waals surface area contributed by atoms with Crippen LogP contribution < -0.4 is 4.74 Å². The van der Waals surface area contributed by atoms with Crippen LogP contribution in [0.3, 0.4) is 0 Å². The molecule has 0 radical (unpaired) electrons. The van der Waals surface area contributed by atoms with Crippen LogP contribution in [0.2, 0.25) is 0 Å². The number of alkyl halides is 3. The van der Waals surface area contributed by atoms with Crippen molar-refractivity contribution in [3.63, 3.8) is 0 Å². The lowest BCUT2D eigenvalue weighted by Gasteiger charge is -2.05. The lowest BCUT2D eigenvalue weighted by atomic mass is 10.2. The Kier molecular flexibility index (Phi) is 3.66. The van der Waals surface area contributed by atoms with Gasteiger partial charge in [-0.25, -0.2) is 4.98 Å². The van der Waals surface area contributed by atoms with E-state index < -0.39 is 11.7 Å². The van der Waals surface area contributed by atoms with Crippen molar-refractivity contribution in [1.29, 1.82) is 0 Å².